The van der Waals surface area contributed by atoms with Gasteiger partial charge in [0, 0.05) is 17.3 Å². The van der Waals surface area contributed by atoms with Gasteiger partial charge in [-0.3, -0.25) is 4.79 Å². The Bertz CT molecular complexity index is 1010. The third kappa shape index (κ3) is 4.60. The summed E-state index contributed by atoms with van der Waals surface area (Å²) in [4.78, 5) is 15.1. The highest BCUT2D eigenvalue weighted by atomic mass is 16.5. The second-order valence-electron chi connectivity index (χ2n) is 9.55. The minimum Gasteiger partial charge on any atom is -0.496 e. The van der Waals surface area contributed by atoms with Gasteiger partial charge in [-0.1, -0.05) is 13.0 Å². The van der Waals surface area contributed by atoms with E-state index in [0.29, 0.717) is 23.3 Å². The number of fused-ring (bicyclic) bond motifs is 1. The van der Waals surface area contributed by atoms with Crippen LogP contribution in [0.5, 0.6) is 5.75 Å². The first-order chi connectivity index (χ1) is 14.5. The van der Waals surface area contributed by atoms with Crippen molar-refractivity contribution in [2.75, 3.05) is 12.0 Å². The van der Waals surface area contributed by atoms with Crippen LogP contribution in [0.3, 0.4) is 0 Å². The quantitative estimate of drug-likeness (QED) is 0.507. The number of hydrogen-bond acceptors (Lipinski definition) is 4. The summed E-state index contributed by atoms with van der Waals surface area (Å²) in [7, 11) is 1.56. The first-order valence-electron chi connectivity index (χ1n) is 11.0. The molecule has 166 valence electrons. The number of benzene rings is 2. The molecular formula is C26H35N3O2. The normalized spacial score (nSPS) is 17.7. The number of hydrogen-bond donors (Lipinski definition) is 1. The lowest BCUT2D eigenvalue weighted by molar-refractivity contribution is 0.0952. The number of nitrogens with zero attached hydrogens (tertiary/aromatic N) is 2. The number of methoxy groups -OCH3 is 1. The lowest BCUT2D eigenvalue weighted by atomic mass is 9.78. The fourth-order valence-electron chi connectivity index (χ4n) is 4.94. The molecular weight excluding hydrogens is 386 g/mol. The van der Waals surface area contributed by atoms with Crippen molar-refractivity contribution in [2.24, 2.45) is 5.10 Å². The number of carbonyl (C=O) groups is 1. The van der Waals surface area contributed by atoms with Crippen LogP contribution in [-0.4, -0.2) is 30.8 Å². The minimum absolute atomic E-state index is 0.115. The predicted octanol–water partition coefficient (Wildman–Crippen LogP) is 5.58. The SMILES string of the molecule is COc1cc(C)ccc1C(=O)N/N=C\c1cc2c(cc1C)N(C(C)C)C(C)(C)C[C@@H]2C. The van der Waals surface area contributed by atoms with Crippen molar-refractivity contribution < 1.29 is 9.53 Å². The number of hydrazone groups is 1. The number of rotatable bonds is 5. The zero-order valence-corrected chi connectivity index (χ0v) is 20.0. The molecule has 1 aliphatic heterocycles. The zero-order valence-electron chi connectivity index (χ0n) is 20.0. The summed E-state index contributed by atoms with van der Waals surface area (Å²) in [5, 5.41) is 4.24. The van der Waals surface area contributed by atoms with Crippen molar-refractivity contribution in [3.05, 3.63) is 58.1 Å². The molecule has 31 heavy (non-hydrogen) atoms. The van der Waals surface area contributed by atoms with E-state index in [2.05, 4.69) is 69.1 Å². The minimum atomic E-state index is -0.287. The molecule has 5 heteroatoms. The van der Waals surface area contributed by atoms with E-state index in [1.807, 2.05) is 19.1 Å². The average molecular weight is 422 g/mol. The third-order valence-corrected chi connectivity index (χ3v) is 6.15. The molecule has 0 unspecified atom stereocenters. The van der Waals surface area contributed by atoms with Crippen LogP contribution in [0.1, 0.15) is 79.6 Å². The van der Waals surface area contributed by atoms with E-state index in [9.17, 15) is 4.79 Å². The summed E-state index contributed by atoms with van der Waals surface area (Å²) in [5.41, 5.74) is 9.06. The topological polar surface area (TPSA) is 53.9 Å². The van der Waals surface area contributed by atoms with Crippen LogP contribution < -0.4 is 15.1 Å². The molecule has 1 heterocycles. The molecule has 0 radical (unpaired) electrons. The van der Waals surface area contributed by atoms with Crippen LogP contribution in [0.25, 0.3) is 0 Å². The molecule has 1 amide bonds. The fourth-order valence-corrected chi connectivity index (χ4v) is 4.94. The van der Waals surface area contributed by atoms with Crippen molar-refractivity contribution >= 4 is 17.8 Å². The van der Waals surface area contributed by atoms with Crippen molar-refractivity contribution in [3.8, 4) is 5.75 Å². The van der Waals surface area contributed by atoms with Crippen LogP contribution in [-0.2, 0) is 0 Å². The van der Waals surface area contributed by atoms with E-state index < -0.39 is 0 Å². The van der Waals surface area contributed by atoms with Crippen molar-refractivity contribution in [2.45, 2.75) is 72.4 Å². The molecule has 0 fully saturated rings. The lowest BCUT2D eigenvalue weighted by Crippen LogP contribution is -2.51. The first kappa shape index (κ1) is 22.9. The van der Waals surface area contributed by atoms with Crippen molar-refractivity contribution in [3.63, 3.8) is 0 Å². The fraction of sp³-hybridized carbons (Fsp3) is 0.462. The van der Waals surface area contributed by atoms with Gasteiger partial charge in [0.05, 0.1) is 18.9 Å². The Morgan fingerprint density at radius 2 is 1.97 bits per heavy atom. The predicted molar refractivity (Wildman–Crippen MR) is 129 cm³/mol. The maximum Gasteiger partial charge on any atom is 0.275 e. The molecule has 0 aliphatic carbocycles. The van der Waals surface area contributed by atoms with E-state index >= 15 is 0 Å². The van der Waals surface area contributed by atoms with Gasteiger partial charge in [-0.2, -0.15) is 5.10 Å². The van der Waals surface area contributed by atoms with Crippen LogP contribution in [0.2, 0.25) is 0 Å². The Hall–Kier alpha value is -2.82. The van der Waals surface area contributed by atoms with Gasteiger partial charge in [-0.25, -0.2) is 5.43 Å². The van der Waals surface area contributed by atoms with E-state index in [1.165, 1.54) is 11.3 Å². The molecule has 0 saturated heterocycles. The molecule has 1 N–H and O–H groups in total. The highest BCUT2D eigenvalue weighted by Crippen LogP contribution is 2.45. The molecule has 5 nitrogen and oxygen atoms in total. The summed E-state index contributed by atoms with van der Waals surface area (Å²) < 4.78 is 5.33. The van der Waals surface area contributed by atoms with E-state index in [0.717, 1.165) is 23.1 Å². The van der Waals surface area contributed by atoms with Crippen molar-refractivity contribution in [1.29, 1.82) is 0 Å². The number of aryl methyl sites for hydroxylation is 2. The summed E-state index contributed by atoms with van der Waals surface area (Å²) >= 11 is 0. The van der Waals surface area contributed by atoms with Gasteiger partial charge in [0.15, 0.2) is 0 Å². The van der Waals surface area contributed by atoms with E-state index in [1.54, 1.807) is 19.4 Å². The van der Waals surface area contributed by atoms with E-state index in [-0.39, 0.29) is 11.4 Å². The molecule has 2 aromatic rings. The third-order valence-electron chi connectivity index (χ3n) is 6.15. The Balaban J connectivity index is 1.86. The van der Waals surface area contributed by atoms with E-state index in [4.69, 9.17) is 4.74 Å². The second kappa shape index (κ2) is 8.74. The Labute approximate surface area is 186 Å². The monoisotopic (exact) mass is 421 g/mol. The Morgan fingerprint density at radius 1 is 1.26 bits per heavy atom. The largest absolute Gasteiger partial charge is 0.496 e. The summed E-state index contributed by atoms with van der Waals surface area (Å²) in [5.74, 6) is 0.715. The standard InChI is InChI=1S/C26H35N3O2/c1-16(2)29-23-12-18(4)20(13-22(23)19(5)14-26(29,6)7)15-27-28-25(30)21-10-9-17(3)11-24(21)31-8/h9-13,15-16,19H,14H2,1-8H3,(H,28,30)/b27-15-/t19-/m0/s1. The first-order valence-corrected chi connectivity index (χ1v) is 11.0. The molecule has 3 rings (SSSR count). The van der Waals surface area contributed by atoms with Gasteiger partial charge in [0.1, 0.15) is 5.75 Å². The second-order valence-corrected chi connectivity index (χ2v) is 9.55. The van der Waals surface area contributed by atoms with Gasteiger partial charge in [-0.05, 0) is 100 Å². The van der Waals surface area contributed by atoms with Gasteiger partial charge >= 0.3 is 0 Å². The van der Waals surface area contributed by atoms with Crippen molar-refractivity contribution in [1.82, 2.24) is 5.43 Å². The molecule has 0 spiro atoms. The van der Waals surface area contributed by atoms with Gasteiger partial charge in [-0.15, -0.1) is 0 Å². The number of amides is 1. The van der Waals surface area contributed by atoms with Gasteiger partial charge < -0.3 is 9.64 Å². The molecule has 1 aliphatic rings. The molecule has 1 atom stereocenters. The maximum atomic E-state index is 12.6. The smallest absolute Gasteiger partial charge is 0.275 e. The summed E-state index contributed by atoms with van der Waals surface area (Å²) in [6.07, 6.45) is 2.84. The molecule has 2 aromatic carbocycles. The number of carbonyl (C=O) groups excluding carboxylic acids is 1. The van der Waals surface area contributed by atoms with Crippen LogP contribution in [0.15, 0.2) is 35.4 Å². The highest BCUT2D eigenvalue weighted by molar-refractivity contribution is 5.97. The number of anilines is 1. The maximum absolute atomic E-state index is 12.6. The molecule has 0 bridgehead atoms. The average Bonchev–Trinajstić information content (AvgIpc) is 2.67. The van der Waals surface area contributed by atoms with Gasteiger partial charge in [0.2, 0.25) is 0 Å². The van der Waals surface area contributed by atoms with Crippen LogP contribution >= 0.6 is 0 Å². The van der Waals surface area contributed by atoms with Gasteiger partial charge in [0.25, 0.3) is 5.91 Å². The zero-order chi connectivity index (χ0) is 22.9. The molecule has 0 saturated carbocycles. The van der Waals surface area contributed by atoms with Crippen LogP contribution in [0, 0.1) is 13.8 Å². The number of ether oxygens (including phenoxy) is 1. The molecule has 0 aromatic heterocycles. The summed E-state index contributed by atoms with van der Waals surface area (Å²) in [6, 6.07) is 10.4. The summed E-state index contributed by atoms with van der Waals surface area (Å²) in [6.45, 7) is 15.5. The highest BCUT2D eigenvalue weighted by Gasteiger charge is 2.37. The Kier molecular flexibility index (Phi) is 6.44. The van der Waals surface area contributed by atoms with Crippen LogP contribution in [0.4, 0.5) is 5.69 Å². The lowest BCUT2D eigenvalue weighted by Gasteiger charge is -2.50. The Morgan fingerprint density at radius 3 is 2.61 bits per heavy atom. The number of nitrogens with one attached hydrogen (secondary N) is 1.